The first-order valence-corrected chi connectivity index (χ1v) is 12.2. The van der Waals surface area contributed by atoms with E-state index in [-0.39, 0.29) is 12.6 Å². The molecule has 0 heterocycles. The maximum Gasteiger partial charge on any atom is 0.248 e. The SMILES string of the molecule is C=P(O)(OCCCCCCCCCCCCCCCC)OC[C@@H](C)N. The van der Waals surface area contributed by atoms with E-state index in [1.54, 1.807) is 0 Å². The summed E-state index contributed by atoms with van der Waals surface area (Å²) in [7, 11) is -2.91. The molecule has 0 fully saturated rings. The average molecular weight is 378 g/mol. The lowest BCUT2D eigenvalue weighted by Gasteiger charge is -2.19. The van der Waals surface area contributed by atoms with E-state index >= 15 is 0 Å². The lowest BCUT2D eigenvalue weighted by molar-refractivity contribution is 0.185. The van der Waals surface area contributed by atoms with Crippen LogP contribution in [-0.2, 0) is 9.05 Å². The highest BCUT2D eigenvalue weighted by Crippen LogP contribution is 2.42. The Balaban J connectivity index is 3.22. The topological polar surface area (TPSA) is 64.7 Å². The summed E-state index contributed by atoms with van der Waals surface area (Å²) in [5.41, 5.74) is 5.58. The minimum Gasteiger partial charge on any atom is -0.333 e. The van der Waals surface area contributed by atoms with Crippen LogP contribution in [0.25, 0.3) is 0 Å². The predicted molar refractivity (Wildman–Crippen MR) is 112 cm³/mol. The molecule has 0 bridgehead atoms. The molecule has 0 aromatic heterocycles. The zero-order valence-electron chi connectivity index (χ0n) is 16.9. The molecule has 0 aliphatic heterocycles. The van der Waals surface area contributed by atoms with E-state index in [0.717, 1.165) is 12.8 Å². The van der Waals surface area contributed by atoms with Gasteiger partial charge in [-0.3, -0.25) is 0 Å². The van der Waals surface area contributed by atoms with E-state index in [4.69, 9.17) is 14.8 Å². The van der Waals surface area contributed by atoms with E-state index in [1.165, 1.54) is 77.0 Å². The largest absolute Gasteiger partial charge is 0.333 e. The lowest BCUT2D eigenvalue weighted by Crippen LogP contribution is -2.21. The van der Waals surface area contributed by atoms with Gasteiger partial charge in [-0.2, -0.15) is 0 Å². The van der Waals surface area contributed by atoms with Crippen molar-refractivity contribution >= 4 is 13.9 Å². The fraction of sp³-hybridized carbons (Fsp3) is 0.950. The van der Waals surface area contributed by atoms with Gasteiger partial charge in [0, 0.05) is 6.04 Å². The molecule has 0 aromatic carbocycles. The smallest absolute Gasteiger partial charge is 0.248 e. The molecule has 0 aromatic rings. The molecule has 0 saturated heterocycles. The molecule has 0 saturated carbocycles. The second-order valence-corrected chi connectivity index (χ2v) is 9.13. The van der Waals surface area contributed by atoms with Crippen molar-refractivity contribution in [1.82, 2.24) is 0 Å². The molecule has 0 radical (unpaired) electrons. The summed E-state index contributed by atoms with van der Waals surface area (Å²) in [6.45, 7) is 4.90. The Morgan fingerprint density at radius 3 is 1.60 bits per heavy atom. The fourth-order valence-corrected chi connectivity index (χ4v) is 3.73. The Morgan fingerprint density at radius 1 is 0.800 bits per heavy atom. The zero-order chi connectivity index (χ0) is 18.8. The number of unbranched alkanes of at least 4 members (excludes halogenated alkanes) is 13. The van der Waals surface area contributed by atoms with Crippen molar-refractivity contribution in [3.63, 3.8) is 0 Å². The monoisotopic (exact) mass is 377 g/mol. The van der Waals surface area contributed by atoms with Gasteiger partial charge in [0.15, 0.2) is 0 Å². The minimum atomic E-state index is -2.91. The molecular formula is C20H44NO3P. The quantitative estimate of drug-likeness (QED) is 0.213. The first-order valence-electron chi connectivity index (χ1n) is 10.5. The lowest BCUT2D eigenvalue weighted by atomic mass is 10.0. The Bertz CT molecular complexity index is 324. The highest BCUT2D eigenvalue weighted by atomic mass is 31.2. The molecule has 5 heteroatoms. The Labute approximate surface area is 157 Å². The molecule has 0 amide bonds. The van der Waals surface area contributed by atoms with Gasteiger partial charge < -0.3 is 19.7 Å². The predicted octanol–water partition coefficient (Wildman–Crippen LogP) is 6.04. The Morgan fingerprint density at radius 2 is 1.20 bits per heavy atom. The number of nitrogens with two attached hydrogens (primary N) is 1. The van der Waals surface area contributed by atoms with E-state index in [0.29, 0.717) is 6.61 Å². The van der Waals surface area contributed by atoms with E-state index in [1.807, 2.05) is 6.92 Å². The van der Waals surface area contributed by atoms with Crippen LogP contribution in [0.5, 0.6) is 0 Å². The maximum atomic E-state index is 9.87. The summed E-state index contributed by atoms with van der Waals surface area (Å²) in [5.74, 6) is 0. The summed E-state index contributed by atoms with van der Waals surface area (Å²) in [6.07, 6.45) is 22.2. The van der Waals surface area contributed by atoms with Crippen LogP contribution in [0.15, 0.2) is 0 Å². The third kappa shape index (κ3) is 20.3. The highest BCUT2D eigenvalue weighted by molar-refractivity contribution is 7.58. The summed E-state index contributed by atoms with van der Waals surface area (Å²) >= 11 is 0. The van der Waals surface area contributed by atoms with Crippen molar-refractivity contribution in [2.24, 2.45) is 5.73 Å². The molecule has 25 heavy (non-hydrogen) atoms. The van der Waals surface area contributed by atoms with Gasteiger partial charge in [0.2, 0.25) is 7.57 Å². The van der Waals surface area contributed by atoms with Crippen molar-refractivity contribution in [2.45, 2.75) is 110 Å². The van der Waals surface area contributed by atoms with Crippen molar-refractivity contribution in [2.75, 3.05) is 13.2 Å². The van der Waals surface area contributed by atoms with E-state index in [9.17, 15) is 4.89 Å². The van der Waals surface area contributed by atoms with Gasteiger partial charge in [0.1, 0.15) is 0 Å². The second-order valence-electron chi connectivity index (χ2n) is 7.34. The average Bonchev–Trinajstić information content (AvgIpc) is 2.56. The van der Waals surface area contributed by atoms with Crippen LogP contribution in [0.1, 0.15) is 104 Å². The van der Waals surface area contributed by atoms with Gasteiger partial charge in [-0.1, -0.05) is 90.4 Å². The molecule has 0 aliphatic carbocycles. The molecule has 1 unspecified atom stereocenters. The molecular weight excluding hydrogens is 333 g/mol. The van der Waals surface area contributed by atoms with Crippen LogP contribution in [-0.4, -0.2) is 30.4 Å². The van der Waals surface area contributed by atoms with E-state index < -0.39 is 7.57 Å². The molecule has 0 spiro atoms. The van der Waals surface area contributed by atoms with Crippen LogP contribution in [0, 0.1) is 0 Å². The van der Waals surface area contributed by atoms with Gasteiger partial charge in [-0.25, -0.2) is 0 Å². The number of rotatable bonds is 19. The second kappa shape index (κ2) is 17.5. The van der Waals surface area contributed by atoms with Crippen molar-refractivity contribution in [3.05, 3.63) is 0 Å². The third-order valence-electron chi connectivity index (χ3n) is 4.33. The summed E-state index contributed by atoms with van der Waals surface area (Å²) < 4.78 is 10.6. The molecule has 2 atom stereocenters. The first kappa shape index (κ1) is 25.1. The van der Waals surface area contributed by atoms with Crippen LogP contribution in [0.3, 0.4) is 0 Å². The fourth-order valence-electron chi connectivity index (χ4n) is 2.78. The van der Waals surface area contributed by atoms with Crippen molar-refractivity contribution in [1.29, 1.82) is 0 Å². The minimum absolute atomic E-state index is 0.113. The van der Waals surface area contributed by atoms with Gasteiger partial charge in [-0.05, 0) is 19.6 Å². The van der Waals surface area contributed by atoms with Crippen LogP contribution in [0.2, 0.25) is 0 Å². The highest BCUT2D eigenvalue weighted by Gasteiger charge is 2.12. The standard InChI is InChI=1S/C20H44NO3P/c1-4-5-6-7-8-9-10-11-12-13-14-15-16-17-18-23-25(3,22)24-19-20(2)21/h20,22H,3-19,21H2,1-2H3/t20-,25?/m1/s1. The van der Waals surface area contributed by atoms with Crippen LogP contribution in [0.4, 0.5) is 0 Å². The van der Waals surface area contributed by atoms with Gasteiger partial charge >= 0.3 is 0 Å². The maximum absolute atomic E-state index is 9.87. The first-order chi connectivity index (χ1) is 12.0. The molecule has 3 N–H and O–H groups in total. The molecule has 0 rings (SSSR count). The molecule has 4 nitrogen and oxygen atoms in total. The zero-order valence-corrected chi connectivity index (χ0v) is 17.8. The summed E-state index contributed by atoms with van der Waals surface area (Å²) in [5, 5.41) is 0. The summed E-state index contributed by atoms with van der Waals surface area (Å²) in [6, 6.07) is -0.113. The van der Waals surface area contributed by atoms with Gasteiger partial charge in [0.05, 0.1) is 13.2 Å². The van der Waals surface area contributed by atoms with Crippen molar-refractivity contribution < 1.29 is 13.9 Å². The molecule has 0 aliphatic rings. The van der Waals surface area contributed by atoms with Gasteiger partial charge in [-0.15, -0.1) is 0 Å². The normalized spacial score (nSPS) is 15.2. The number of hydrogen-bond donors (Lipinski definition) is 2. The van der Waals surface area contributed by atoms with Crippen LogP contribution >= 0.6 is 7.57 Å². The van der Waals surface area contributed by atoms with E-state index in [2.05, 4.69) is 13.2 Å². The number of hydrogen-bond acceptors (Lipinski definition) is 4. The van der Waals surface area contributed by atoms with Crippen LogP contribution < -0.4 is 5.73 Å². The Kier molecular flexibility index (Phi) is 17.6. The Hall–Kier alpha value is 0.140. The van der Waals surface area contributed by atoms with Gasteiger partial charge in [0.25, 0.3) is 0 Å². The van der Waals surface area contributed by atoms with Crippen molar-refractivity contribution in [3.8, 4) is 0 Å². The third-order valence-corrected chi connectivity index (χ3v) is 5.47. The molecule has 152 valence electrons. The summed E-state index contributed by atoms with van der Waals surface area (Å²) in [4.78, 5) is 9.87.